The van der Waals surface area contributed by atoms with E-state index in [1.54, 1.807) is 0 Å². The lowest BCUT2D eigenvalue weighted by molar-refractivity contribution is -0.160. The van der Waals surface area contributed by atoms with Gasteiger partial charge in [0.05, 0.1) is 0 Å². The van der Waals surface area contributed by atoms with Gasteiger partial charge < -0.3 is 15.4 Å². The van der Waals surface area contributed by atoms with E-state index in [9.17, 15) is 9.59 Å². The fourth-order valence-corrected chi connectivity index (χ4v) is 5.28. The number of amides is 2. The van der Waals surface area contributed by atoms with Gasteiger partial charge in [-0.25, -0.2) is 0 Å². The van der Waals surface area contributed by atoms with Gasteiger partial charge in [-0.1, -0.05) is 42.8 Å². The molecule has 2 aromatic carbocycles. The monoisotopic (exact) mass is 376 g/mol. The lowest BCUT2D eigenvalue weighted by Gasteiger charge is -2.55. The Kier molecular flexibility index (Phi) is 3.93. The summed E-state index contributed by atoms with van der Waals surface area (Å²) in [5.41, 5.74) is 2.03. The molecule has 4 atom stereocenters. The summed E-state index contributed by atoms with van der Waals surface area (Å²) in [6, 6.07) is 15.5. The van der Waals surface area contributed by atoms with Crippen molar-refractivity contribution >= 4 is 17.5 Å². The second kappa shape index (κ2) is 6.36. The van der Waals surface area contributed by atoms with Crippen molar-refractivity contribution in [3.8, 4) is 5.75 Å². The van der Waals surface area contributed by atoms with Crippen LogP contribution in [0.5, 0.6) is 5.75 Å². The minimum Gasteiger partial charge on any atom is -0.467 e. The number of ether oxygens (including phenoxy) is 1. The molecule has 3 aliphatic rings. The molecule has 2 fully saturated rings. The molecular weight excluding hydrogens is 352 g/mol. The van der Waals surface area contributed by atoms with Crippen molar-refractivity contribution in [3.05, 3.63) is 59.7 Å². The quantitative estimate of drug-likeness (QED) is 0.785. The van der Waals surface area contributed by atoms with Crippen molar-refractivity contribution in [3.63, 3.8) is 0 Å². The van der Waals surface area contributed by atoms with Crippen LogP contribution < -0.4 is 15.4 Å². The molecular formula is C23H24N2O3. The lowest BCUT2D eigenvalue weighted by Crippen LogP contribution is -2.69. The molecule has 2 amide bonds. The third-order valence-corrected chi connectivity index (χ3v) is 6.58. The molecule has 0 aromatic heterocycles. The van der Waals surface area contributed by atoms with E-state index in [4.69, 9.17) is 4.74 Å². The number of piperidine rings is 1. The average Bonchev–Trinajstić information content (AvgIpc) is 2.68. The Hall–Kier alpha value is -2.82. The predicted molar refractivity (Wildman–Crippen MR) is 106 cm³/mol. The number of carbonyl (C=O) groups is 2. The van der Waals surface area contributed by atoms with Gasteiger partial charge >= 0.3 is 0 Å². The normalized spacial score (nSPS) is 30.3. The van der Waals surface area contributed by atoms with Gasteiger partial charge in [0.25, 0.3) is 0 Å². The number of hydrogen-bond donors (Lipinski definition) is 2. The Labute approximate surface area is 164 Å². The first-order valence-corrected chi connectivity index (χ1v) is 10.1. The summed E-state index contributed by atoms with van der Waals surface area (Å²) in [7, 11) is 0. The SMILES string of the molecule is Cc1ccccc1NC(=O)[C@H]1C(=O)N[C@]23CCCC[C@@H]2[C@@H]1c1ccccc1O3. The van der Waals surface area contributed by atoms with Crippen LogP contribution in [0, 0.1) is 18.8 Å². The Balaban J connectivity index is 1.57. The summed E-state index contributed by atoms with van der Waals surface area (Å²) < 4.78 is 6.37. The summed E-state index contributed by atoms with van der Waals surface area (Å²) in [6.07, 6.45) is 3.86. The number of para-hydroxylation sites is 2. The number of hydrogen-bond acceptors (Lipinski definition) is 3. The van der Waals surface area contributed by atoms with E-state index >= 15 is 0 Å². The highest BCUT2D eigenvalue weighted by atomic mass is 16.5. The Bertz CT molecular complexity index is 956. The topological polar surface area (TPSA) is 67.4 Å². The number of anilines is 1. The maximum Gasteiger partial charge on any atom is 0.237 e. The summed E-state index contributed by atoms with van der Waals surface area (Å²) in [6.45, 7) is 1.95. The summed E-state index contributed by atoms with van der Waals surface area (Å²) >= 11 is 0. The van der Waals surface area contributed by atoms with Gasteiger partial charge in [-0.15, -0.1) is 0 Å². The average molecular weight is 376 g/mol. The van der Waals surface area contributed by atoms with Crippen molar-refractivity contribution < 1.29 is 14.3 Å². The third-order valence-electron chi connectivity index (χ3n) is 6.58. The molecule has 2 heterocycles. The molecule has 0 radical (unpaired) electrons. The maximum absolute atomic E-state index is 13.3. The molecule has 0 spiro atoms. The molecule has 28 heavy (non-hydrogen) atoms. The van der Waals surface area contributed by atoms with E-state index < -0.39 is 11.6 Å². The summed E-state index contributed by atoms with van der Waals surface area (Å²) in [5.74, 6) is -0.499. The summed E-state index contributed by atoms with van der Waals surface area (Å²) in [5, 5.41) is 6.11. The third kappa shape index (κ3) is 2.53. The minimum atomic E-state index is -0.763. The van der Waals surface area contributed by atoms with Crippen molar-refractivity contribution in [1.82, 2.24) is 5.32 Å². The van der Waals surface area contributed by atoms with Gasteiger partial charge in [0.15, 0.2) is 5.72 Å². The molecule has 2 aliphatic heterocycles. The number of fused-ring (bicyclic) bond motifs is 2. The Morgan fingerprint density at radius 1 is 1.14 bits per heavy atom. The van der Waals surface area contributed by atoms with Crippen LogP contribution in [0.2, 0.25) is 0 Å². The maximum atomic E-state index is 13.3. The Morgan fingerprint density at radius 2 is 1.93 bits per heavy atom. The molecule has 1 aliphatic carbocycles. The van der Waals surface area contributed by atoms with Crippen LogP contribution >= 0.6 is 0 Å². The zero-order valence-electron chi connectivity index (χ0n) is 15.9. The van der Waals surface area contributed by atoms with Crippen LogP contribution in [0.4, 0.5) is 5.69 Å². The molecule has 2 N–H and O–H groups in total. The summed E-state index contributed by atoms with van der Waals surface area (Å²) in [4.78, 5) is 26.4. The highest BCUT2D eigenvalue weighted by Gasteiger charge is 2.60. The van der Waals surface area contributed by atoms with Crippen LogP contribution in [-0.4, -0.2) is 17.5 Å². The number of aryl methyl sites for hydroxylation is 1. The Morgan fingerprint density at radius 3 is 2.79 bits per heavy atom. The van der Waals surface area contributed by atoms with Gasteiger partial charge in [-0.2, -0.15) is 0 Å². The van der Waals surface area contributed by atoms with Gasteiger partial charge in [0.1, 0.15) is 11.7 Å². The number of nitrogens with one attached hydrogen (secondary N) is 2. The van der Waals surface area contributed by atoms with Gasteiger partial charge in [0.2, 0.25) is 11.8 Å². The molecule has 1 saturated carbocycles. The highest BCUT2D eigenvalue weighted by molar-refractivity contribution is 6.08. The number of benzene rings is 2. The van der Waals surface area contributed by atoms with Gasteiger partial charge in [-0.05, 0) is 43.0 Å². The lowest BCUT2D eigenvalue weighted by atomic mass is 9.62. The second-order valence-electron chi connectivity index (χ2n) is 8.18. The van der Waals surface area contributed by atoms with Crippen LogP contribution in [-0.2, 0) is 9.59 Å². The molecule has 5 rings (SSSR count). The first-order chi connectivity index (χ1) is 13.6. The zero-order chi connectivity index (χ0) is 19.3. The highest BCUT2D eigenvalue weighted by Crippen LogP contribution is 2.55. The first-order valence-electron chi connectivity index (χ1n) is 10.1. The van der Waals surface area contributed by atoms with Gasteiger partial charge in [0, 0.05) is 23.9 Å². The number of carbonyl (C=O) groups excluding carboxylic acids is 2. The zero-order valence-corrected chi connectivity index (χ0v) is 15.9. The minimum absolute atomic E-state index is 0.112. The van der Waals surface area contributed by atoms with E-state index in [0.717, 1.165) is 48.2 Å². The fourth-order valence-electron chi connectivity index (χ4n) is 5.28. The van der Waals surface area contributed by atoms with E-state index in [0.29, 0.717) is 0 Å². The van der Waals surface area contributed by atoms with E-state index in [1.807, 2.05) is 55.5 Å². The molecule has 0 unspecified atom stereocenters. The predicted octanol–water partition coefficient (Wildman–Crippen LogP) is 3.74. The smallest absolute Gasteiger partial charge is 0.237 e. The van der Waals surface area contributed by atoms with E-state index in [1.165, 1.54) is 0 Å². The fraction of sp³-hybridized carbons (Fsp3) is 0.391. The van der Waals surface area contributed by atoms with E-state index in [2.05, 4.69) is 10.6 Å². The molecule has 2 aromatic rings. The molecule has 1 saturated heterocycles. The molecule has 5 nitrogen and oxygen atoms in total. The molecule has 144 valence electrons. The molecule has 5 heteroatoms. The van der Waals surface area contributed by atoms with Gasteiger partial charge in [-0.3, -0.25) is 9.59 Å². The standard InChI is InChI=1S/C23H24N2O3/c1-14-8-2-4-11-17(14)24-21(26)20-19-15-9-3-5-12-18(15)28-23(25-22(20)27)13-7-6-10-16(19)23/h2-5,8-9,11-12,16,19-20H,6-7,10,13H2,1H3,(H,24,26)(H,25,27)/t16-,19+,20+,23+/m1/s1. The van der Waals surface area contributed by atoms with Crippen molar-refractivity contribution in [2.45, 2.75) is 44.2 Å². The van der Waals surface area contributed by atoms with Crippen LogP contribution in [0.3, 0.4) is 0 Å². The van der Waals surface area contributed by atoms with E-state index in [-0.39, 0.29) is 23.7 Å². The number of rotatable bonds is 2. The largest absolute Gasteiger partial charge is 0.467 e. The molecule has 2 bridgehead atoms. The first kappa shape index (κ1) is 17.3. The van der Waals surface area contributed by atoms with Crippen LogP contribution in [0.1, 0.15) is 42.7 Å². The second-order valence-corrected chi connectivity index (χ2v) is 8.18. The van der Waals surface area contributed by atoms with Crippen LogP contribution in [0.15, 0.2) is 48.5 Å². The van der Waals surface area contributed by atoms with Crippen molar-refractivity contribution in [1.29, 1.82) is 0 Å². The van der Waals surface area contributed by atoms with Crippen LogP contribution in [0.25, 0.3) is 0 Å². The van der Waals surface area contributed by atoms with Crippen molar-refractivity contribution in [2.24, 2.45) is 11.8 Å². The van der Waals surface area contributed by atoms with Crippen molar-refractivity contribution in [2.75, 3.05) is 5.32 Å².